The lowest BCUT2D eigenvalue weighted by Crippen LogP contribution is -2.34. The smallest absolute Gasteiger partial charge is 0.271 e. The molecule has 1 aliphatic carbocycles. The molecule has 1 saturated heterocycles. The number of hydrogen-bond donors (Lipinski definition) is 1. The minimum atomic E-state index is -0.479. The second-order valence-corrected chi connectivity index (χ2v) is 9.77. The van der Waals surface area contributed by atoms with E-state index in [4.69, 9.17) is 4.74 Å². The van der Waals surface area contributed by atoms with Gasteiger partial charge in [0.2, 0.25) is 5.43 Å². The zero-order valence-electron chi connectivity index (χ0n) is 18.2. The van der Waals surface area contributed by atoms with Gasteiger partial charge in [-0.2, -0.15) is 0 Å². The summed E-state index contributed by atoms with van der Waals surface area (Å²) in [5, 5.41) is 0.318. The van der Waals surface area contributed by atoms with E-state index in [1.165, 1.54) is 13.2 Å². The SMILES string of the molecule is COc1c(N2CC[C@@H](C(C)N(C)C)C2)c(F)cc2c(=O)c3c(=O)[nH]sc3n(C3CC3)c12. The number of methoxy groups -OCH3 is 1. The molecule has 1 aliphatic heterocycles. The molecule has 5 rings (SSSR count). The Morgan fingerprint density at radius 2 is 2.03 bits per heavy atom. The Morgan fingerprint density at radius 3 is 2.68 bits per heavy atom. The summed E-state index contributed by atoms with van der Waals surface area (Å²) in [6.45, 7) is 3.65. The molecular formula is C22H27FN4O3S. The van der Waals surface area contributed by atoms with Gasteiger partial charge in [-0.05, 0) is 63.8 Å². The van der Waals surface area contributed by atoms with Crippen molar-refractivity contribution in [1.82, 2.24) is 13.8 Å². The highest BCUT2D eigenvalue weighted by Crippen LogP contribution is 2.46. The van der Waals surface area contributed by atoms with Crippen LogP contribution in [0.3, 0.4) is 0 Å². The maximum atomic E-state index is 15.5. The zero-order chi connectivity index (χ0) is 22.0. The molecule has 1 N–H and O–H groups in total. The number of H-pyrrole nitrogens is 1. The van der Waals surface area contributed by atoms with Crippen molar-refractivity contribution < 1.29 is 9.13 Å². The van der Waals surface area contributed by atoms with Crippen molar-refractivity contribution in [3.63, 3.8) is 0 Å². The van der Waals surface area contributed by atoms with Crippen molar-refractivity contribution in [2.45, 2.75) is 38.3 Å². The molecule has 3 aromatic rings. The topological polar surface area (TPSA) is 70.6 Å². The summed E-state index contributed by atoms with van der Waals surface area (Å²) in [7, 11) is 5.65. The Labute approximate surface area is 183 Å². The molecule has 7 nitrogen and oxygen atoms in total. The predicted molar refractivity (Wildman–Crippen MR) is 122 cm³/mol. The van der Waals surface area contributed by atoms with E-state index in [0.717, 1.165) is 43.9 Å². The second kappa shape index (κ2) is 7.34. The molecule has 0 bridgehead atoms. The summed E-state index contributed by atoms with van der Waals surface area (Å²) >= 11 is 1.16. The fourth-order valence-electron chi connectivity index (χ4n) is 4.89. The molecule has 9 heteroatoms. The highest BCUT2D eigenvalue weighted by atomic mass is 32.1. The van der Waals surface area contributed by atoms with E-state index in [9.17, 15) is 9.59 Å². The van der Waals surface area contributed by atoms with Crippen LogP contribution in [-0.2, 0) is 0 Å². The fraction of sp³-hybridized carbons (Fsp3) is 0.545. The number of fused-ring (bicyclic) bond motifs is 2. The van der Waals surface area contributed by atoms with Gasteiger partial charge >= 0.3 is 0 Å². The highest BCUT2D eigenvalue weighted by molar-refractivity contribution is 7.12. The van der Waals surface area contributed by atoms with Crippen LogP contribution in [0.5, 0.6) is 5.75 Å². The average Bonchev–Trinajstić information content (AvgIpc) is 3.33. The lowest BCUT2D eigenvalue weighted by Gasteiger charge is -2.28. The lowest BCUT2D eigenvalue weighted by molar-refractivity contribution is 0.240. The molecule has 1 aromatic carbocycles. The fourth-order valence-corrected chi connectivity index (χ4v) is 5.81. The first-order valence-corrected chi connectivity index (χ1v) is 11.5. The van der Waals surface area contributed by atoms with Gasteiger partial charge in [-0.25, -0.2) is 4.39 Å². The quantitative estimate of drug-likeness (QED) is 0.652. The Hall–Kier alpha value is -2.39. The van der Waals surface area contributed by atoms with E-state index in [-0.39, 0.29) is 16.8 Å². The highest BCUT2D eigenvalue weighted by Gasteiger charge is 2.35. The standard InChI is InChI=1S/C22H27FN4O3S/c1-11(25(2)3)12-7-8-26(10-12)18-15(23)9-14-17(20(18)30-4)27(13-5-6-13)22-16(19(14)28)21(29)24-31-22/h9,11-13H,5-8,10H2,1-4H3,(H,24,29)/t11?,12-/m1/s1. The minimum absolute atomic E-state index is 0.111. The average molecular weight is 447 g/mol. The van der Waals surface area contributed by atoms with Crippen molar-refractivity contribution in [3.05, 3.63) is 32.5 Å². The van der Waals surface area contributed by atoms with E-state index in [2.05, 4.69) is 30.3 Å². The van der Waals surface area contributed by atoms with Crippen molar-refractivity contribution in [2.75, 3.05) is 39.2 Å². The van der Waals surface area contributed by atoms with Crippen LogP contribution in [0.15, 0.2) is 15.7 Å². The molecule has 1 unspecified atom stereocenters. The van der Waals surface area contributed by atoms with E-state index >= 15 is 4.39 Å². The van der Waals surface area contributed by atoms with Gasteiger partial charge in [-0.1, -0.05) is 0 Å². The molecular weight excluding hydrogens is 419 g/mol. The van der Waals surface area contributed by atoms with E-state index in [1.54, 1.807) is 0 Å². The van der Waals surface area contributed by atoms with Crippen LogP contribution in [0, 0.1) is 11.7 Å². The largest absolute Gasteiger partial charge is 0.492 e. The van der Waals surface area contributed by atoms with E-state index in [0.29, 0.717) is 33.7 Å². The number of pyridine rings is 1. The number of nitrogens with zero attached hydrogens (tertiary/aromatic N) is 3. The van der Waals surface area contributed by atoms with Crippen molar-refractivity contribution in [3.8, 4) is 5.75 Å². The molecule has 0 amide bonds. The first-order valence-electron chi connectivity index (χ1n) is 10.7. The predicted octanol–water partition coefficient (Wildman–Crippen LogP) is 3.16. The number of benzene rings is 1. The van der Waals surface area contributed by atoms with Crippen LogP contribution < -0.4 is 20.6 Å². The summed E-state index contributed by atoms with van der Waals surface area (Å²) in [6.07, 6.45) is 2.89. The van der Waals surface area contributed by atoms with Gasteiger partial charge in [0.15, 0.2) is 11.6 Å². The first-order chi connectivity index (χ1) is 14.8. The minimum Gasteiger partial charge on any atom is -0.492 e. The molecule has 2 fully saturated rings. The number of anilines is 1. The van der Waals surface area contributed by atoms with Gasteiger partial charge in [0.1, 0.15) is 15.9 Å². The van der Waals surface area contributed by atoms with Gasteiger partial charge in [0.05, 0.1) is 18.0 Å². The monoisotopic (exact) mass is 446 g/mol. The number of rotatable bonds is 5. The first kappa shape index (κ1) is 20.5. The van der Waals surface area contributed by atoms with Gasteiger partial charge in [-0.3, -0.25) is 14.0 Å². The third-order valence-corrected chi connectivity index (χ3v) is 7.83. The number of aromatic amines is 1. The van der Waals surface area contributed by atoms with Gasteiger partial charge in [-0.15, -0.1) is 0 Å². The Balaban J connectivity index is 1.76. The lowest BCUT2D eigenvalue weighted by atomic mass is 10.00. The molecule has 2 atom stereocenters. The number of aromatic nitrogens is 2. The van der Waals surface area contributed by atoms with Crippen LogP contribution in [0.2, 0.25) is 0 Å². The Morgan fingerprint density at radius 1 is 1.29 bits per heavy atom. The number of ether oxygens (including phenoxy) is 1. The normalized spacial score (nSPS) is 20.3. The van der Waals surface area contributed by atoms with Crippen LogP contribution >= 0.6 is 11.5 Å². The molecule has 3 heterocycles. The van der Waals surface area contributed by atoms with Crippen molar-refractivity contribution in [1.29, 1.82) is 0 Å². The van der Waals surface area contributed by atoms with Gasteiger partial charge in [0.25, 0.3) is 5.56 Å². The number of hydrogen-bond acceptors (Lipinski definition) is 6. The summed E-state index contributed by atoms with van der Waals surface area (Å²) < 4.78 is 26.0. The summed E-state index contributed by atoms with van der Waals surface area (Å²) in [5.74, 6) is 0.325. The van der Waals surface area contributed by atoms with Gasteiger partial charge < -0.3 is 19.1 Å². The third-order valence-electron chi connectivity index (χ3n) is 6.95. The molecule has 2 aromatic heterocycles. The van der Waals surface area contributed by atoms with E-state index in [1.807, 2.05) is 9.47 Å². The number of nitrogens with one attached hydrogen (secondary N) is 1. The van der Waals surface area contributed by atoms with Crippen molar-refractivity contribution >= 4 is 38.3 Å². The van der Waals surface area contributed by atoms with Gasteiger partial charge in [0, 0.05) is 25.2 Å². The Bertz CT molecular complexity index is 1290. The molecule has 1 saturated carbocycles. The molecule has 2 aliphatic rings. The zero-order valence-corrected chi connectivity index (χ0v) is 19.0. The van der Waals surface area contributed by atoms with E-state index < -0.39 is 16.8 Å². The van der Waals surface area contributed by atoms with Crippen molar-refractivity contribution in [2.24, 2.45) is 5.92 Å². The summed E-state index contributed by atoms with van der Waals surface area (Å²) in [4.78, 5) is 30.3. The maximum Gasteiger partial charge on any atom is 0.271 e. The molecule has 31 heavy (non-hydrogen) atoms. The molecule has 166 valence electrons. The second-order valence-electron chi connectivity index (χ2n) is 8.98. The third kappa shape index (κ3) is 3.09. The maximum absolute atomic E-state index is 15.5. The van der Waals surface area contributed by atoms with Crippen LogP contribution in [0.1, 0.15) is 32.2 Å². The van der Waals surface area contributed by atoms with Crippen LogP contribution in [-0.4, -0.2) is 54.2 Å². The molecule has 0 spiro atoms. The van der Waals surface area contributed by atoms with Crippen LogP contribution in [0.25, 0.3) is 21.1 Å². The Kier molecular flexibility index (Phi) is 4.86. The molecule has 0 radical (unpaired) electrons. The van der Waals surface area contributed by atoms with Crippen LogP contribution in [0.4, 0.5) is 10.1 Å². The summed E-state index contributed by atoms with van der Waals surface area (Å²) in [6, 6.07) is 1.86. The number of halogens is 1. The summed E-state index contributed by atoms with van der Waals surface area (Å²) in [5.41, 5.74) is 0.163.